The summed E-state index contributed by atoms with van der Waals surface area (Å²) in [7, 11) is 0. The predicted molar refractivity (Wildman–Crippen MR) is 68.4 cm³/mol. The highest BCUT2D eigenvalue weighted by Gasteiger charge is 2.12. The third-order valence-corrected chi connectivity index (χ3v) is 2.53. The lowest BCUT2D eigenvalue weighted by Crippen LogP contribution is -2.16. The number of aliphatic hydroxyl groups excluding tert-OH is 1. The molecule has 1 rings (SSSR count). The molecule has 106 valence electrons. The summed E-state index contributed by atoms with van der Waals surface area (Å²) in [5.41, 5.74) is 0.307. The Kier molecular flexibility index (Phi) is 6.29. The lowest BCUT2D eigenvalue weighted by atomic mass is 10.1. The van der Waals surface area contributed by atoms with E-state index in [1.165, 1.54) is 25.1 Å². The summed E-state index contributed by atoms with van der Waals surface area (Å²) in [6.07, 6.45) is 0.876. The number of ether oxygens (including phenoxy) is 2. The van der Waals surface area contributed by atoms with E-state index in [-0.39, 0.29) is 12.4 Å². The molecule has 0 saturated heterocycles. The molecule has 4 nitrogen and oxygen atoms in total. The molecular weight excluding hydrogens is 251 g/mol. The van der Waals surface area contributed by atoms with Gasteiger partial charge in [-0.2, -0.15) is 0 Å². The minimum absolute atomic E-state index is 0.255. The van der Waals surface area contributed by atoms with Crippen molar-refractivity contribution in [1.82, 2.24) is 0 Å². The number of hydrogen-bond acceptors (Lipinski definition) is 4. The number of carbonyl (C=O) groups excluding carboxylic acids is 1. The van der Waals surface area contributed by atoms with Gasteiger partial charge in [0, 0.05) is 5.56 Å². The van der Waals surface area contributed by atoms with Crippen LogP contribution in [0.25, 0.3) is 0 Å². The van der Waals surface area contributed by atoms with Crippen LogP contribution in [0, 0.1) is 5.82 Å². The third-order valence-electron chi connectivity index (χ3n) is 2.53. The Morgan fingerprint density at radius 2 is 2.21 bits per heavy atom. The van der Waals surface area contributed by atoms with Crippen molar-refractivity contribution in [2.45, 2.75) is 32.8 Å². The Bertz CT molecular complexity index is 418. The molecule has 1 atom stereocenters. The Labute approximate surface area is 112 Å². The molecule has 0 aromatic heterocycles. The van der Waals surface area contributed by atoms with Gasteiger partial charge in [-0.05, 0) is 31.5 Å². The van der Waals surface area contributed by atoms with E-state index in [1.807, 2.05) is 6.92 Å². The zero-order chi connectivity index (χ0) is 14.3. The minimum Gasteiger partial charge on any atom is -0.482 e. The van der Waals surface area contributed by atoms with Crippen LogP contribution in [-0.4, -0.2) is 24.3 Å². The number of hydrogen-bond donors (Lipinski definition) is 1. The van der Waals surface area contributed by atoms with Crippen molar-refractivity contribution in [2.75, 3.05) is 13.2 Å². The molecular formula is C14H19FO4. The number of rotatable bonds is 7. The number of carbonyl (C=O) groups is 1. The van der Waals surface area contributed by atoms with Gasteiger partial charge < -0.3 is 14.6 Å². The van der Waals surface area contributed by atoms with Gasteiger partial charge in [0.2, 0.25) is 0 Å². The molecule has 0 amide bonds. The monoisotopic (exact) mass is 270 g/mol. The lowest BCUT2D eigenvalue weighted by Gasteiger charge is -2.13. The van der Waals surface area contributed by atoms with E-state index in [9.17, 15) is 14.3 Å². The number of benzene rings is 1. The second kappa shape index (κ2) is 7.74. The molecule has 0 radical (unpaired) electrons. The fourth-order valence-corrected chi connectivity index (χ4v) is 1.49. The van der Waals surface area contributed by atoms with Gasteiger partial charge in [-0.25, -0.2) is 9.18 Å². The summed E-state index contributed by atoms with van der Waals surface area (Å²) >= 11 is 0. The highest BCUT2D eigenvalue weighted by atomic mass is 19.1. The van der Waals surface area contributed by atoms with Gasteiger partial charge in [0.25, 0.3) is 0 Å². The molecule has 1 N–H and O–H groups in total. The van der Waals surface area contributed by atoms with Crippen LogP contribution in [0.15, 0.2) is 18.2 Å². The molecule has 0 heterocycles. The smallest absolute Gasteiger partial charge is 0.344 e. The second-order valence-corrected chi connectivity index (χ2v) is 4.22. The van der Waals surface area contributed by atoms with Gasteiger partial charge >= 0.3 is 5.97 Å². The Morgan fingerprint density at radius 3 is 2.84 bits per heavy atom. The zero-order valence-electron chi connectivity index (χ0n) is 11.2. The zero-order valence-corrected chi connectivity index (χ0v) is 11.2. The standard InChI is InChI=1S/C14H19FO4/c1-3-4-7-18-14(17)9-19-13-6-5-11(15)8-12(13)10(2)16/h5-6,8,10,16H,3-4,7,9H2,1-2H3. The summed E-state index contributed by atoms with van der Waals surface area (Å²) in [5, 5.41) is 9.50. The Morgan fingerprint density at radius 1 is 1.47 bits per heavy atom. The van der Waals surface area contributed by atoms with Crippen LogP contribution >= 0.6 is 0 Å². The molecule has 0 saturated carbocycles. The Balaban J connectivity index is 2.55. The van der Waals surface area contributed by atoms with E-state index in [4.69, 9.17) is 9.47 Å². The summed E-state index contributed by atoms with van der Waals surface area (Å²) in [4.78, 5) is 11.4. The van der Waals surface area contributed by atoms with Crippen molar-refractivity contribution < 1.29 is 23.8 Å². The van der Waals surface area contributed by atoms with E-state index >= 15 is 0 Å². The first-order chi connectivity index (χ1) is 9.04. The second-order valence-electron chi connectivity index (χ2n) is 4.22. The van der Waals surface area contributed by atoms with Gasteiger partial charge in [0.15, 0.2) is 6.61 Å². The molecule has 1 unspecified atom stereocenters. The van der Waals surface area contributed by atoms with Crippen LogP contribution in [0.5, 0.6) is 5.75 Å². The first kappa shape index (κ1) is 15.4. The van der Waals surface area contributed by atoms with Gasteiger partial charge in [-0.15, -0.1) is 0 Å². The first-order valence-corrected chi connectivity index (χ1v) is 6.30. The normalized spacial score (nSPS) is 12.0. The van der Waals surface area contributed by atoms with Gasteiger partial charge in [0.05, 0.1) is 12.7 Å². The summed E-state index contributed by atoms with van der Waals surface area (Å²) < 4.78 is 23.2. The molecule has 0 aliphatic rings. The van der Waals surface area contributed by atoms with Crippen LogP contribution in [-0.2, 0) is 9.53 Å². The maximum absolute atomic E-state index is 13.1. The van der Waals surface area contributed by atoms with Crippen molar-refractivity contribution in [2.24, 2.45) is 0 Å². The molecule has 19 heavy (non-hydrogen) atoms. The van der Waals surface area contributed by atoms with E-state index < -0.39 is 17.9 Å². The topological polar surface area (TPSA) is 55.8 Å². The highest BCUT2D eigenvalue weighted by Crippen LogP contribution is 2.25. The minimum atomic E-state index is -0.873. The summed E-state index contributed by atoms with van der Waals surface area (Å²) in [6.45, 7) is 3.61. The molecule has 1 aromatic rings. The van der Waals surface area contributed by atoms with Gasteiger partial charge in [-0.3, -0.25) is 0 Å². The van der Waals surface area contributed by atoms with E-state index in [1.54, 1.807) is 0 Å². The third kappa shape index (κ3) is 5.26. The lowest BCUT2D eigenvalue weighted by molar-refractivity contribution is -0.146. The molecule has 5 heteroatoms. The van der Waals surface area contributed by atoms with Crippen molar-refractivity contribution >= 4 is 5.97 Å². The fraction of sp³-hybridized carbons (Fsp3) is 0.500. The molecule has 0 aliphatic carbocycles. The van der Waals surface area contributed by atoms with E-state index in [2.05, 4.69) is 0 Å². The average Bonchev–Trinajstić information content (AvgIpc) is 2.37. The maximum Gasteiger partial charge on any atom is 0.344 e. The summed E-state index contributed by atoms with van der Waals surface area (Å²) in [5.74, 6) is -0.660. The van der Waals surface area contributed by atoms with Crippen molar-refractivity contribution in [1.29, 1.82) is 0 Å². The first-order valence-electron chi connectivity index (χ1n) is 6.30. The number of esters is 1. The van der Waals surface area contributed by atoms with E-state index in [0.29, 0.717) is 12.2 Å². The Hall–Kier alpha value is -1.62. The number of unbranched alkanes of at least 4 members (excludes halogenated alkanes) is 1. The van der Waals surface area contributed by atoms with Gasteiger partial charge in [-0.1, -0.05) is 13.3 Å². The van der Waals surface area contributed by atoms with Crippen LogP contribution in [0.1, 0.15) is 38.4 Å². The molecule has 0 bridgehead atoms. The number of aliphatic hydroxyl groups is 1. The van der Waals surface area contributed by atoms with E-state index in [0.717, 1.165) is 12.8 Å². The van der Waals surface area contributed by atoms with Crippen molar-refractivity contribution in [3.05, 3.63) is 29.6 Å². The predicted octanol–water partition coefficient (Wildman–Crippen LogP) is 2.60. The number of halogens is 1. The molecule has 1 aromatic carbocycles. The largest absolute Gasteiger partial charge is 0.482 e. The molecule has 0 fully saturated rings. The fourth-order valence-electron chi connectivity index (χ4n) is 1.49. The average molecular weight is 270 g/mol. The van der Waals surface area contributed by atoms with Crippen molar-refractivity contribution in [3.8, 4) is 5.75 Å². The van der Waals surface area contributed by atoms with Crippen LogP contribution in [0.4, 0.5) is 4.39 Å². The van der Waals surface area contributed by atoms with Crippen LogP contribution in [0.3, 0.4) is 0 Å². The maximum atomic E-state index is 13.1. The molecule has 0 spiro atoms. The van der Waals surface area contributed by atoms with Gasteiger partial charge in [0.1, 0.15) is 11.6 Å². The quantitative estimate of drug-likeness (QED) is 0.611. The van der Waals surface area contributed by atoms with Crippen LogP contribution < -0.4 is 4.74 Å². The highest BCUT2D eigenvalue weighted by molar-refractivity contribution is 5.71. The SMILES string of the molecule is CCCCOC(=O)COc1ccc(F)cc1C(C)O. The van der Waals surface area contributed by atoms with Crippen molar-refractivity contribution in [3.63, 3.8) is 0 Å². The van der Waals surface area contributed by atoms with Crippen LogP contribution in [0.2, 0.25) is 0 Å². The summed E-state index contributed by atoms with van der Waals surface area (Å²) in [6, 6.07) is 3.78. The molecule has 0 aliphatic heterocycles.